The van der Waals surface area contributed by atoms with Gasteiger partial charge in [-0.15, -0.1) is 0 Å². The molecule has 0 spiro atoms. The van der Waals surface area contributed by atoms with Crippen LogP contribution in [0.5, 0.6) is 0 Å². The topological polar surface area (TPSA) is 51.8 Å². The molecule has 0 aromatic carbocycles. The van der Waals surface area contributed by atoms with Crippen LogP contribution in [0.3, 0.4) is 0 Å². The van der Waals surface area contributed by atoms with Gasteiger partial charge in [0.2, 0.25) is 0 Å². The number of rotatable bonds is 3. The quantitative estimate of drug-likeness (QED) is 0.799. The van der Waals surface area contributed by atoms with Crippen molar-refractivity contribution in [2.75, 3.05) is 0 Å². The Morgan fingerprint density at radius 2 is 1.93 bits per heavy atom. The van der Waals surface area contributed by atoms with Crippen LogP contribution in [0, 0.1) is 18.8 Å². The van der Waals surface area contributed by atoms with Crippen LogP contribution in [0.25, 0.3) is 0 Å². The zero-order chi connectivity index (χ0) is 10.7. The fraction of sp³-hybridized carbons (Fsp3) is 0.636. The van der Waals surface area contributed by atoms with E-state index in [0.717, 1.165) is 11.5 Å². The number of aryl methyl sites for hydroxylation is 1. The smallest absolute Gasteiger partial charge is 0.125 e. The first-order chi connectivity index (χ1) is 6.52. The first-order valence-electron chi connectivity index (χ1n) is 5.07. The standard InChI is InChI=1S/C11H19N3/c1-7(2)8(3)11(12)10-5-6-13-9(4)14-10/h5-8,11H,12H2,1-4H3. The summed E-state index contributed by atoms with van der Waals surface area (Å²) in [4.78, 5) is 8.40. The van der Waals surface area contributed by atoms with Crippen LogP contribution >= 0.6 is 0 Å². The molecule has 2 unspecified atom stereocenters. The molecule has 0 saturated heterocycles. The van der Waals surface area contributed by atoms with E-state index in [1.807, 2.05) is 13.0 Å². The molecule has 3 nitrogen and oxygen atoms in total. The molecular weight excluding hydrogens is 174 g/mol. The Kier molecular flexibility index (Phi) is 3.58. The minimum Gasteiger partial charge on any atom is -0.322 e. The average molecular weight is 193 g/mol. The van der Waals surface area contributed by atoms with Gasteiger partial charge >= 0.3 is 0 Å². The molecular formula is C11H19N3. The third-order valence-electron chi connectivity index (χ3n) is 2.76. The zero-order valence-corrected chi connectivity index (χ0v) is 9.36. The Labute approximate surface area is 85.8 Å². The van der Waals surface area contributed by atoms with Gasteiger partial charge in [0.05, 0.1) is 5.69 Å². The van der Waals surface area contributed by atoms with Crippen molar-refractivity contribution in [1.82, 2.24) is 9.97 Å². The van der Waals surface area contributed by atoms with E-state index in [2.05, 4.69) is 30.7 Å². The van der Waals surface area contributed by atoms with Gasteiger partial charge < -0.3 is 5.73 Å². The maximum Gasteiger partial charge on any atom is 0.125 e. The third-order valence-corrected chi connectivity index (χ3v) is 2.76. The van der Waals surface area contributed by atoms with Gasteiger partial charge in [-0.25, -0.2) is 9.97 Å². The lowest BCUT2D eigenvalue weighted by Crippen LogP contribution is -2.24. The Bertz CT molecular complexity index is 296. The van der Waals surface area contributed by atoms with Crippen molar-refractivity contribution in [3.05, 3.63) is 23.8 Å². The van der Waals surface area contributed by atoms with Crippen molar-refractivity contribution in [3.63, 3.8) is 0 Å². The Balaban J connectivity index is 2.83. The molecule has 1 aromatic heterocycles. The molecule has 2 atom stereocenters. The molecule has 0 aliphatic rings. The summed E-state index contributed by atoms with van der Waals surface area (Å²) in [5, 5.41) is 0. The molecule has 0 bridgehead atoms. The van der Waals surface area contributed by atoms with E-state index >= 15 is 0 Å². The Hall–Kier alpha value is -0.960. The summed E-state index contributed by atoms with van der Waals surface area (Å²) in [5.41, 5.74) is 7.06. The van der Waals surface area contributed by atoms with Gasteiger partial charge in [0.15, 0.2) is 0 Å². The van der Waals surface area contributed by atoms with E-state index in [-0.39, 0.29) is 6.04 Å². The Morgan fingerprint density at radius 3 is 2.43 bits per heavy atom. The van der Waals surface area contributed by atoms with Gasteiger partial charge in [-0.3, -0.25) is 0 Å². The lowest BCUT2D eigenvalue weighted by atomic mass is 9.89. The van der Waals surface area contributed by atoms with Crippen molar-refractivity contribution in [1.29, 1.82) is 0 Å². The Morgan fingerprint density at radius 1 is 1.29 bits per heavy atom. The summed E-state index contributed by atoms with van der Waals surface area (Å²) < 4.78 is 0. The second-order valence-corrected chi connectivity index (χ2v) is 4.16. The molecule has 1 rings (SSSR count). The van der Waals surface area contributed by atoms with Crippen LogP contribution in [-0.4, -0.2) is 9.97 Å². The number of hydrogen-bond donors (Lipinski definition) is 1. The maximum absolute atomic E-state index is 6.12. The molecule has 0 aliphatic carbocycles. The highest BCUT2D eigenvalue weighted by atomic mass is 14.9. The van der Waals surface area contributed by atoms with Crippen LogP contribution in [0.4, 0.5) is 0 Å². The van der Waals surface area contributed by atoms with Gasteiger partial charge in [0.25, 0.3) is 0 Å². The van der Waals surface area contributed by atoms with Crippen molar-refractivity contribution in [3.8, 4) is 0 Å². The number of nitrogens with zero attached hydrogens (tertiary/aromatic N) is 2. The molecule has 3 heteroatoms. The molecule has 1 heterocycles. The highest BCUT2D eigenvalue weighted by Crippen LogP contribution is 2.23. The van der Waals surface area contributed by atoms with E-state index in [4.69, 9.17) is 5.73 Å². The van der Waals surface area contributed by atoms with Crippen molar-refractivity contribution in [2.24, 2.45) is 17.6 Å². The minimum absolute atomic E-state index is 0.0108. The second-order valence-electron chi connectivity index (χ2n) is 4.16. The average Bonchev–Trinajstić information content (AvgIpc) is 2.15. The monoisotopic (exact) mass is 193 g/mol. The highest BCUT2D eigenvalue weighted by Gasteiger charge is 2.19. The third kappa shape index (κ3) is 2.51. The van der Waals surface area contributed by atoms with Crippen LogP contribution in [0.15, 0.2) is 12.3 Å². The van der Waals surface area contributed by atoms with Crippen LogP contribution in [-0.2, 0) is 0 Å². The molecule has 0 fully saturated rings. The fourth-order valence-corrected chi connectivity index (χ4v) is 1.34. The van der Waals surface area contributed by atoms with Gasteiger partial charge in [0.1, 0.15) is 5.82 Å². The van der Waals surface area contributed by atoms with E-state index in [1.54, 1.807) is 6.20 Å². The minimum atomic E-state index is 0.0108. The van der Waals surface area contributed by atoms with Crippen LogP contribution in [0.1, 0.15) is 38.3 Å². The summed E-state index contributed by atoms with van der Waals surface area (Å²) in [6, 6.07) is 1.91. The molecule has 0 radical (unpaired) electrons. The predicted molar refractivity (Wildman–Crippen MR) is 57.7 cm³/mol. The highest BCUT2D eigenvalue weighted by molar-refractivity contribution is 5.07. The number of nitrogens with two attached hydrogens (primary N) is 1. The van der Waals surface area contributed by atoms with E-state index in [1.165, 1.54) is 0 Å². The lowest BCUT2D eigenvalue weighted by Gasteiger charge is -2.22. The molecule has 0 saturated carbocycles. The SMILES string of the molecule is Cc1nccc(C(N)C(C)C(C)C)n1. The van der Waals surface area contributed by atoms with E-state index < -0.39 is 0 Å². The van der Waals surface area contributed by atoms with Crippen molar-refractivity contribution in [2.45, 2.75) is 33.7 Å². The molecule has 14 heavy (non-hydrogen) atoms. The predicted octanol–water partition coefficient (Wildman–Crippen LogP) is 2.08. The summed E-state index contributed by atoms with van der Waals surface area (Å²) in [6.07, 6.45) is 1.77. The second kappa shape index (κ2) is 4.51. The molecule has 0 amide bonds. The fourth-order valence-electron chi connectivity index (χ4n) is 1.34. The normalized spacial score (nSPS) is 15.6. The summed E-state index contributed by atoms with van der Waals surface area (Å²) in [5.74, 6) is 1.79. The van der Waals surface area contributed by atoms with E-state index in [9.17, 15) is 0 Å². The van der Waals surface area contributed by atoms with Gasteiger partial charge in [-0.05, 0) is 24.8 Å². The molecule has 2 N–H and O–H groups in total. The van der Waals surface area contributed by atoms with Gasteiger partial charge in [-0.1, -0.05) is 20.8 Å². The molecule has 0 aliphatic heterocycles. The van der Waals surface area contributed by atoms with Crippen LogP contribution in [0.2, 0.25) is 0 Å². The van der Waals surface area contributed by atoms with Crippen LogP contribution < -0.4 is 5.73 Å². The first-order valence-corrected chi connectivity index (χ1v) is 5.07. The summed E-state index contributed by atoms with van der Waals surface area (Å²) in [6.45, 7) is 8.40. The van der Waals surface area contributed by atoms with Gasteiger partial charge in [0, 0.05) is 12.2 Å². The lowest BCUT2D eigenvalue weighted by molar-refractivity contribution is 0.347. The maximum atomic E-state index is 6.12. The summed E-state index contributed by atoms with van der Waals surface area (Å²) >= 11 is 0. The molecule has 78 valence electrons. The van der Waals surface area contributed by atoms with Crippen molar-refractivity contribution >= 4 is 0 Å². The number of hydrogen-bond acceptors (Lipinski definition) is 3. The molecule has 1 aromatic rings. The van der Waals surface area contributed by atoms with Gasteiger partial charge in [-0.2, -0.15) is 0 Å². The van der Waals surface area contributed by atoms with Crippen molar-refractivity contribution < 1.29 is 0 Å². The number of aromatic nitrogens is 2. The summed E-state index contributed by atoms with van der Waals surface area (Å²) in [7, 11) is 0. The van der Waals surface area contributed by atoms with E-state index in [0.29, 0.717) is 11.8 Å². The first kappa shape index (κ1) is 11.1. The largest absolute Gasteiger partial charge is 0.322 e. The zero-order valence-electron chi connectivity index (χ0n) is 9.36.